The van der Waals surface area contributed by atoms with E-state index in [2.05, 4.69) is 26.1 Å². The average molecular weight is 472 g/mol. The van der Waals surface area contributed by atoms with E-state index in [1.165, 1.54) is 7.11 Å². The van der Waals surface area contributed by atoms with Gasteiger partial charge >= 0.3 is 5.97 Å². The molecule has 3 rings (SSSR count). The van der Waals surface area contributed by atoms with Gasteiger partial charge in [0.1, 0.15) is 12.4 Å². The quantitative estimate of drug-likeness (QED) is 0.464. The predicted octanol–water partition coefficient (Wildman–Crippen LogP) is 5.41. The summed E-state index contributed by atoms with van der Waals surface area (Å²) in [5.41, 5.74) is 2.24. The number of aryl methyl sites for hydroxylation is 1. The number of hydrogen-bond acceptors (Lipinski definition) is 4. The Morgan fingerprint density at radius 2 is 2.06 bits per heavy atom. The van der Waals surface area contributed by atoms with Crippen LogP contribution in [0.4, 0.5) is 4.39 Å². The number of rotatable bonds is 10. The summed E-state index contributed by atoms with van der Waals surface area (Å²) in [5.74, 6) is -0.383. The molecule has 2 aliphatic rings. The van der Waals surface area contributed by atoms with Crippen molar-refractivity contribution in [3.05, 3.63) is 58.9 Å². The SMILES string of the molecule is COC(=O)CCCc1ccccc1C1CC=CC(CC(C)C2(CC(C)C)COCC(=O)N2)=C1F. The van der Waals surface area contributed by atoms with Crippen LogP contribution in [-0.4, -0.2) is 37.7 Å². The number of ether oxygens (including phenoxy) is 2. The zero-order valence-electron chi connectivity index (χ0n) is 20.9. The summed E-state index contributed by atoms with van der Waals surface area (Å²) in [6.45, 7) is 6.86. The summed E-state index contributed by atoms with van der Waals surface area (Å²) in [5, 5.41) is 3.18. The van der Waals surface area contributed by atoms with E-state index in [1.54, 1.807) is 0 Å². The van der Waals surface area contributed by atoms with E-state index in [0.717, 1.165) is 17.5 Å². The second kappa shape index (κ2) is 11.8. The highest BCUT2D eigenvalue weighted by atomic mass is 19.1. The Bertz CT molecular complexity index is 938. The van der Waals surface area contributed by atoms with Gasteiger partial charge in [-0.05, 0) is 60.6 Å². The Morgan fingerprint density at radius 1 is 1.29 bits per heavy atom. The van der Waals surface area contributed by atoms with Gasteiger partial charge in [-0.3, -0.25) is 9.59 Å². The van der Waals surface area contributed by atoms with E-state index in [0.29, 0.717) is 50.2 Å². The summed E-state index contributed by atoms with van der Waals surface area (Å²) < 4.78 is 26.3. The molecule has 0 spiro atoms. The second-order valence-electron chi connectivity index (χ2n) is 10.1. The fraction of sp³-hybridized carbons (Fsp3) is 0.571. The number of amides is 1. The molecule has 6 heteroatoms. The lowest BCUT2D eigenvalue weighted by Gasteiger charge is -2.44. The molecule has 0 aromatic heterocycles. The molecule has 1 aromatic carbocycles. The largest absolute Gasteiger partial charge is 0.469 e. The van der Waals surface area contributed by atoms with Crippen molar-refractivity contribution in [1.82, 2.24) is 5.32 Å². The molecule has 3 atom stereocenters. The molecule has 1 N–H and O–H groups in total. The van der Waals surface area contributed by atoms with Gasteiger partial charge in [0, 0.05) is 12.3 Å². The first-order valence-electron chi connectivity index (χ1n) is 12.3. The van der Waals surface area contributed by atoms with E-state index in [-0.39, 0.29) is 36.1 Å². The Morgan fingerprint density at radius 3 is 2.76 bits per heavy atom. The first-order chi connectivity index (χ1) is 16.3. The third-order valence-electron chi connectivity index (χ3n) is 7.01. The van der Waals surface area contributed by atoms with Crippen molar-refractivity contribution in [2.75, 3.05) is 20.3 Å². The molecule has 1 amide bonds. The van der Waals surface area contributed by atoms with Crippen LogP contribution in [0.2, 0.25) is 0 Å². The summed E-state index contributed by atoms with van der Waals surface area (Å²) >= 11 is 0. The first kappa shape index (κ1) is 26.1. The summed E-state index contributed by atoms with van der Waals surface area (Å²) in [7, 11) is 1.39. The minimum Gasteiger partial charge on any atom is -0.469 e. The van der Waals surface area contributed by atoms with Gasteiger partial charge in [-0.25, -0.2) is 4.39 Å². The number of hydrogen-bond donors (Lipinski definition) is 1. The molecule has 1 saturated heterocycles. The fourth-order valence-electron chi connectivity index (χ4n) is 5.32. The molecule has 3 unspecified atom stereocenters. The van der Waals surface area contributed by atoms with Crippen molar-refractivity contribution in [2.24, 2.45) is 11.8 Å². The molecular weight excluding hydrogens is 433 g/mol. The van der Waals surface area contributed by atoms with Crippen LogP contribution >= 0.6 is 0 Å². The number of benzene rings is 1. The highest BCUT2D eigenvalue weighted by Crippen LogP contribution is 2.41. The average Bonchev–Trinajstić information content (AvgIpc) is 2.80. The number of morpholine rings is 1. The monoisotopic (exact) mass is 471 g/mol. The van der Waals surface area contributed by atoms with Crippen LogP contribution in [0.1, 0.15) is 69.9 Å². The molecule has 34 heavy (non-hydrogen) atoms. The van der Waals surface area contributed by atoms with Gasteiger partial charge in [-0.15, -0.1) is 0 Å². The van der Waals surface area contributed by atoms with Crippen molar-refractivity contribution in [1.29, 1.82) is 0 Å². The van der Waals surface area contributed by atoms with E-state index < -0.39 is 5.54 Å². The van der Waals surface area contributed by atoms with E-state index in [9.17, 15) is 9.59 Å². The van der Waals surface area contributed by atoms with Crippen LogP contribution in [0, 0.1) is 11.8 Å². The molecular formula is C28H38FNO4. The van der Waals surface area contributed by atoms with Gasteiger partial charge in [0.15, 0.2) is 0 Å². The van der Waals surface area contributed by atoms with Gasteiger partial charge in [-0.2, -0.15) is 0 Å². The topological polar surface area (TPSA) is 64.6 Å². The number of nitrogens with one attached hydrogen (secondary N) is 1. The van der Waals surface area contributed by atoms with E-state index in [4.69, 9.17) is 9.47 Å². The highest BCUT2D eigenvalue weighted by molar-refractivity contribution is 5.78. The number of allylic oxidation sites excluding steroid dienone is 4. The lowest BCUT2D eigenvalue weighted by Crippen LogP contribution is -2.61. The van der Waals surface area contributed by atoms with Gasteiger partial charge in [-0.1, -0.05) is 57.2 Å². The Balaban J connectivity index is 1.80. The van der Waals surface area contributed by atoms with Crippen LogP contribution in [0.5, 0.6) is 0 Å². The first-order valence-corrected chi connectivity index (χ1v) is 12.3. The van der Waals surface area contributed by atoms with Gasteiger partial charge in [0.25, 0.3) is 0 Å². The molecule has 1 fully saturated rings. The normalized spacial score (nSPS) is 23.7. The minimum atomic E-state index is -0.497. The van der Waals surface area contributed by atoms with Crippen LogP contribution in [0.3, 0.4) is 0 Å². The van der Waals surface area contributed by atoms with Gasteiger partial charge in [0.05, 0.1) is 19.3 Å². The van der Waals surface area contributed by atoms with Crippen molar-refractivity contribution in [3.8, 4) is 0 Å². The summed E-state index contributed by atoms with van der Waals surface area (Å²) in [6, 6.07) is 7.92. The highest BCUT2D eigenvalue weighted by Gasteiger charge is 2.42. The van der Waals surface area contributed by atoms with Gasteiger partial charge in [0.2, 0.25) is 5.91 Å². The van der Waals surface area contributed by atoms with Crippen molar-refractivity contribution >= 4 is 11.9 Å². The van der Waals surface area contributed by atoms with Crippen molar-refractivity contribution < 1.29 is 23.5 Å². The third-order valence-corrected chi connectivity index (χ3v) is 7.01. The smallest absolute Gasteiger partial charge is 0.305 e. The predicted molar refractivity (Wildman–Crippen MR) is 131 cm³/mol. The van der Waals surface area contributed by atoms with Crippen LogP contribution in [0.15, 0.2) is 47.8 Å². The molecule has 186 valence electrons. The maximum Gasteiger partial charge on any atom is 0.305 e. The lowest BCUT2D eigenvalue weighted by molar-refractivity contribution is -0.140. The number of methoxy groups -OCH3 is 1. The molecule has 1 aliphatic carbocycles. The van der Waals surface area contributed by atoms with Gasteiger partial charge < -0.3 is 14.8 Å². The van der Waals surface area contributed by atoms with Crippen molar-refractivity contribution in [3.63, 3.8) is 0 Å². The zero-order valence-corrected chi connectivity index (χ0v) is 20.9. The third kappa shape index (κ3) is 6.35. The zero-order chi connectivity index (χ0) is 24.7. The lowest BCUT2D eigenvalue weighted by atomic mass is 9.74. The molecule has 5 nitrogen and oxygen atoms in total. The Labute approximate surface area is 202 Å². The van der Waals surface area contributed by atoms with E-state index >= 15 is 4.39 Å². The van der Waals surface area contributed by atoms with Crippen LogP contribution < -0.4 is 5.32 Å². The Hall–Kier alpha value is -2.47. The number of halogens is 1. The van der Waals surface area contributed by atoms with Crippen molar-refractivity contribution in [2.45, 2.75) is 70.8 Å². The number of esters is 1. The maximum atomic E-state index is 15.9. The van der Waals surface area contributed by atoms with E-state index in [1.807, 2.05) is 36.4 Å². The molecule has 1 aliphatic heterocycles. The number of carbonyl (C=O) groups excluding carboxylic acids is 2. The minimum absolute atomic E-state index is 0.0126. The van der Waals surface area contributed by atoms with Crippen LogP contribution in [-0.2, 0) is 25.5 Å². The molecule has 0 radical (unpaired) electrons. The maximum absolute atomic E-state index is 15.9. The Kier molecular flexibility index (Phi) is 9.06. The van der Waals surface area contributed by atoms with Crippen LogP contribution in [0.25, 0.3) is 0 Å². The molecule has 0 saturated carbocycles. The molecule has 1 heterocycles. The fourth-order valence-corrected chi connectivity index (χ4v) is 5.32. The standard InChI is InChI=1S/C28H38FNO4/c1-19(2)16-28(18-34-17-25(31)30-28)20(3)15-22-11-7-13-24(27(22)29)23-12-6-5-9-21(23)10-8-14-26(32)33-4/h5-7,9,11-12,19-20,24H,8,10,13-18H2,1-4H3,(H,30,31). The summed E-state index contributed by atoms with van der Waals surface area (Å²) in [6.07, 6.45) is 7.58. The summed E-state index contributed by atoms with van der Waals surface area (Å²) in [4.78, 5) is 23.7. The molecule has 1 aromatic rings. The second-order valence-corrected chi connectivity index (χ2v) is 10.1. The number of carbonyl (C=O) groups is 2. The molecule has 0 bridgehead atoms.